The predicted molar refractivity (Wildman–Crippen MR) is 138 cm³/mol. The van der Waals surface area contributed by atoms with Crippen LogP contribution in [0.3, 0.4) is 0 Å². The van der Waals surface area contributed by atoms with Gasteiger partial charge in [-0.1, -0.05) is 45.0 Å². The van der Waals surface area contributed by atoms with Crippen molar-refractivity contribution >= 4 is 19.1 Å². The second kappa shape index (κ2) is 7.60. The van der Waals surface area contributed by atoms with E-state index in [1.54, 1.807) is 12.1 Å². The number of hydrogen-bond acceptors (Lipinski definition) is 5. The topological polar surface area (TPSA) is 87.6 Å². The summed E-state index contributed by atoms with van der Waals surface area (Å²) in [6.07, 6.45) is 2.15. The van der Waals surface area contributed by atoms with Gasteiger partial charge in [0, 0.05) is 23.8 Å². The SMILES string of the molecule is CC(C)(C)[Si](C)(C)OCC[C@@]12CC[C@@](C)(O1)c1c2c(O)n(-c2ccc(C#N)c3ccccc23)c1O. The average molecular weight is 491 g/mol. The van der Waals surface area contributed by atoms with Crippen molar-refractivity contribution in [3.05, 3.63) is 53.1 Å². The van der Waals surface area contributed by atoms with Gasteiger partial charge in [-0.25, -0.2) is 0 Å². The second-order valence-electron chi connectivity index (χ2n) is 11.7. The summed E-state index contributed by atoms with van der Waals surface area (Å²) in [4.78, 5) is 0. The average Bonchev–Trinajstić information content (AvgIpc) is 3.37. The number of nitrogens with zero attached hydrogens (tertiary/aromatic N) is 2. The van der Waals surface area contributed by atoms with Gasteiger partial charge < -0.3 is 19.4 Å². The molecule has 2 aromatic carbocycles. The first-order chi connectivity index (χ1) is 16.4. The molecule has 0 aliphatic carbocycles. The van der Waals surface area contributed by atoms with Gasteiger partial charge >= 0.3 is 0 Å². The van der Waals surface area contributed by atoms with Crippen LogP contribution in [0.15, 0.2) is 36.4 Å². The van der Waals surface area contributed by atoms with E-state index in [4.69, 9.17) is 9.16 Å². The molecule has 2 aliphatic heterocycles. The Balaban J connectivity index is 1.60. The molecular weight excluding hydrogens is 456 g/mol. The fraction of sp³-hybridized carbons (Fsp3) is 0.464. The summed E-state index contributed by atoms with van der Waals surface area (Å²) in [5, 5.41) is 34.3. The van der Waals surface area contributed by atoms with E-state index in [0.29, 0.717) is 35.4 Å². The van der Waals surface area contributed by atoms with Gasteiger partial charge in [-0.05, 0) is 50.0 Å². The quantitative estimate of drug-likeness (QED) is 0.396. The maximum Gasteiger partial charge on any atom is 0.205 e. The molecule has 0 unspecified atom stereocenters. The van der Waals surface area contributed by atoms with Crippen LogP contribution in [0.25, 0.3) is 16.5 Å². The Morgan fingerprint density at radius 1 is 1.06 bits per heavy atom. The molecule has 6 nitrogen and oxygen atoms in total. The third-order valence-corrected chi connectivity index (χ3v) is 13.1. The van der Waals surface area contributed by atoms with E-state index < -0.39 is 19.5 Å². The van der Waals surface area contributed by atoms with Gasteiger partial charge in [0.05, 0.1) is 34.0 Å². The maximum absolute atomic E-state index is 11.6. The number of nitriles is 1. The molecule has 7 heteroatoms. The van der Waals surface area contributed by atoms with Gasteiger partial charge in [-0.3, -0.25) is 4.57 Å². The van der Waals surface area contributed by atoms with E-state index in [-0.39, 0.29) is 16.8 Å². The Kier molecular flexibility index (Phi) is 5.20. The number of rotatable bonds is 5. The van der Waals surface area contributed by atoms with E-state index in [0.717, 1.165) is 23.6 Å². The molecule has 2 aliphatic rings. The van der Waals surface area contributed by atoms with E-state index in [9.17, 15) is 15.5 Å². The summed E-state index contributed by atoms with van der Waals surface area (Å²) in [6, 6.07) is 13.3. The molecule has 3 heterocycles. The highest BCUT2D eigenvalue weighted by Gasteiger charge is 2.61. The molecule has 1 fully saturated rings. The van der Waals surface area contributed by atoms with Crippen molar-refractivity contribution in [1.29, 1.82) is 5.26 Å². The summed E-state index contributed by atoms with van der Waals surface area (Å²) >= 11 is 0. The summed E-state index contributed by atoms with van der Waals surface area (Å²) < 4.78 is 14.6. The Morgan fingerprint density at radius 2 is 1.71 bits per heavy atom. The fourth-order valence-corrected chi connectivity index (χ4v) is 6.64. The molecule has 5 rings (SSSR count). The Labute approximate surface area is 207 Å². The van der Waals surface area contributed by atoms with Gasteiger partial charge in [0.1, 0.15) is 5.60 Å². The van der Waals surface area contributed by atoms with Crippen LogP contribution < -0.4 is 0 Å². The van der Waals surface area contributed by atoms with Crippen molar-refractivity contribution in [2.45, 2.75) is 76.3 Å². The van der Waals surface area contributed by atoms with Crippen LogP contribution in [0.1, 0.15) is 63.6 Å². The van der Waals surface area contributed by atoms with Crippen molar-refractivity contribution in [2.24, 2.45) is 0 Å². The molecule has 1 aromatic heterocycles. The third kappa shape index (κ3) is 3.35. The molecule has 1 saturated heterocycles. The molecule has 0 amide bonds. The summed E-state index contributed by atoms with van der Waals surface area (Å²) in [5.41, 5.74) is 1.18. The van der Waals surface area contributed by atoms with Gasteiger partial charge in [0.25, 0.3) is 0 Å². The summed E-state index contributed by atoms with van der Waals surface area (Å²) in [5.74, 6) is 0.00450. The summed E-state index contributed by atoms with van der Waals surface area (Å²) in [6.45, 7) is 13.7. The first-order valence-corrected chi connectivity index (χ1v) is 15.2. The minimum absolute atomic E-state index is 0.00162. The lowest BCUT2D eigenvalue weighted by atomic mass is 9.78. The molecule has 2 N–H and O–H groups in total. The van der Waals surface area contributed by atoms with Crippen molar-refractivity contribution in [3.63, 3.8) is 0 Å². The van der Waals surface area contributed by atoms with E-state index in [2.05, 4.69) is 39.9 Å². The van der Waals surface area contributed by atoms with Crippen LogP contribution in [0, 0.1) is 11.3 Å². The zero-order valence-corrected chi connectivity index (χ0v) is 22.4. The second-order valence-corrected chi connectivity index (χ2v) is 16.5. The predicted octanol–water partition coefficient (Wildman–Crippen LogP) is 6.56. The van der Waals surface area contributed by atoms with Crippen LogP contribution in [0.2, 0.25) is 18.1 Å². The zero-order valence-electron chi connectivity index (χ0n) is 21.4. The Hall–Kier alpha value is -2.79. The molecule has 0 radical (unpaired) electrons. The summed E-state index contributed by atoms with van der Waals surface area (Å²) in [7, 11) is -1.93. The van der Waals surface area contributed by atoms with Gasteiger partial charge in [-0.2, -0.15) is 5.26 Å². The number of hydrogen-bond donors (Lipinski definition) is 2. The Morgan fingerprint density at radius 3 is 2.37 bits per heavy atom. The minimum atomic E-state index is -1.93. The van der Waals surface area contributed by atoms with Gasteiger partial charge in [0.2, 0.25) is 11.8 Å². The molecule has 2 bridgehead atoms. The number of fused-ring (bicyclic) bond motifs is 6. The monoisotopic (exact) mass is 490 g/mol. The van der Waals surface area contributed by atoms with Crippen molar-refractivity contribution in [1.82, 2.24) is 4.57 Å². The Bertz CT molecular complexity index is 1380. The zero-order chi connectivity index (χ0) is 25.4. The molecule has 0 spiro atoms. The van der Waals surface area contributed by atoms with Gasteiger partial charge in [0.15, 0.2) is 8.32 Å². The standard InChI is InChI=1S/C28H34N2O4Si/c1-26(2,3)35(5,6)33-16-15-28-14-13-27(4,34-28)22-23(28)25(32)30(24(22)31)21-12-11-18(17-29)19-9-7-8-10-20(19)21/h7-12,31-32H,13-16H2,1-6H3/t27-,28-/m1/s1. The lowest BCUT2D eigenvalue weighted by molar-refractivity contribution is -0.0881. The first kappa shape index (κ1) is 23.9. The molecule has 3 aromatic rings. The highest BCUT2D eigenvalue weighted by atomic mass is 28.4. The number of ether oxygens (including phenoxy) is 1. The molecule has 2 atom stereocenters. The maximum atomic E-state index is 11.6. The third-order valence-electron chi connectivity index (χ3n) is 8.57. The fourth-order valence-electron chi connectivity index (χ4n) is 5.60. The lowest BCUT2D eigenvalue weighted by Gasteiger charge is -2.37. The van der Waals surface area contributed by atoms with E-state index in [1.807, 2.05) is 31.2 Å². The van der Waals surface area contributed by atoms with Crippen molar-refractivity contribution in [3.8, 4) is 23.5 Å². The van der Waals surface area contributed by atoms with Gasteiger partial charge in [-0.15, -0.1) is 0 Å². The van der Waals surface area contributed by atoms with Crippen LogP contribution in [-0.4, -0.2) is 29.7 Å². The van der Waals surface area contributed by atoms with Crippen LogP contribution >= 0.6 is 0 Å². The molecule has 0 saturated carbocycles. The van der Waals surface area contributed by atoms with E-state index >= 15 is 0 Å². The molecular formula is C28H34N2O4Si. The van der Waals surface area contributed by atoms with E-state index in [1.165, 1.54) is 4.57 Å². The number of aromatic nitrogens is 1. The largest absolute Gasteiger partial charge is 0.494 e. The highest BCUT2D eigenvalue weighted by Crippen LogP contribution is 2.65. The lowest BCUT2D eigenvalue weighted by Crippen LogP contribution is -2.41. The van der Waals surface area contributed by atoms with Crippen LogP contribution in [0.5, 0.6) is 11.8 Å². The highest BCUT2D eigenvalue weighted by molar-refractivity contribution is 6.74. The van der Waals surface area contributed by atoms with Crippen LogP contribution in [-0.2, 0) is 20.4 Å². The molecule has 184 valence electrons. The number of benzene rings is 2. The van der Waals surface area contributed by atoms with Crippen molar-refractivity contribution in [2.75, 3.05) is 6.61 Å². The first-order valence-electron chi connectivity index (χ1n) is 12.3. The van der Waals surface area contributed by atoms with Crippen LogP contribution in [0.4, 0.5) is 0 Å². The number of aromatic hydroxyl groups is 2. The smallest absolute Gasteiger partial charge is 0.205 e. The normalized spacial score (nSPS) is 23.6. The molecule has 35 heavy (non-hydrogen) atoms. The van der Waals surface area contributed by atoms with Crippen molar-refractivity contribution < 1.29 is 19.4 Å². The minimum Gasteiger partial charge on any atom is -0.494 e.